The molecule has 2 fully saturated rings. The van der Waals surface area contributed by atoms with Crippen molar-refractivity contribution in [3.63, 3.8) is 0 Å². The molecule has 0 aliphatic carbocycles. The van der Waals surface area contributed by atoms with Gasteiger partial charge in [-0.05, 0) is 19.3 Å². The number of hydrogen-bond donors (Lipinski definition) is 2. The number of hydrogen-bond acceptors (Lipinski definition) is 2. The van der Waals surface area contributed by atoms with E-state index >= 15 is 0 Å². The minimum atomic E-state index is -2.59. The normalized spacial score (nSPS) is 31.0. The van der Waals surface area contributed by atoms with Crippen LogP contribution in [0, 0.1) is 5.92 Å². The lowest BCUT2D eigenvalue weighted by Crippen LogP contribution is -2.45. The maximum absolute atomic E-state index is 12.0. The molecule has 3 atom stereocenters. The number of fused-ring (bicyclic) bond motifs is 2. The number of carboxylic acid groups (broad SMARTS) is 1. The fraction of sp³-hybridized carbons (Fsp3) is 0.800. The van der Waals surface area contributed by atoms with Crippen molar-refractivity contribution in [1.82, 2.24) is 10.2 Å². The second kappa shape index (κ2) is 4.46. The highest BCUT2D eigenvalue weighted by atomic mass is 19.3. The van der Waals surface area contributed by atoms with Crippen LogP contribution in [-0.4, -0.2) is 47.1 Å². The number of halogens is 2. The summed E-state index contributed by atoms with van der Waals surface area (Å²) in [4.78, 5) is 24.0. The molecule has 2 bridgehead atoms. The van der Waals surface area contributed by atoms with E-state index in [2.05, 4.69) is 5.32 Å². The van der Waals surface area contributed by atoms with Gasteiger partial charge < -0.3 is 15.3 Å². The minimum Gasteiger partial charge on any atom is -0.481 e. The van der Waals surface area contributed by atoms with Crippen LogP contribution in [0.15, 0.2) is 0 Å². The maximum Gasteiger partial charge on any atom is 0.318 e. The Morgan fingerprint density at radius 1 is 1.41 bits per heavy atom. The third-order valence-electron chi connectivity index (χ3n) is 3.50. The summed E-state index contributed by atoms with van der Waals surface area (Å²) in [5, 5.41) is 11.1. The Morgan fingerprint density at radius 2 is 2.12 bits per heavy atom. The lowest BCUT2D eigenvalue weighted by molar-refractivity contribution is -0.142. The average Bonchev–Trinajstić information content (AvgIpc) is 2.82. The summed E-state index contributed by atoms with van der Waals surface area (Å²) in [5.41, 5.74) is 0. The van der Waals surface area contributed by atoms with Crippen LogP contribution in [0.1, 0.15) is 19.3 Å². The summed E-state index contributed by atoms with van der Waals surface area (Å²) >= 11 is 0. The summed E-state index contributed by atoms with van der Waals surface area (Å²) in [6, 6.07) is -1.02. The van der Waals surface area contributed by atoms with Gasteiger partial charge in [0.15, 0.2) is 0 Å². The minimum absolute atomic E-state index is 0.112. The van der Waals surface area contributed by atoms with Crippen molar-refractivity contribution in [2.75, 3.05) is 6.54 Å². The van der Waals surface area contributed by atoms with E-state index in [4.69, 9.17) is 5.11 Å². The van der Waals surface area contributed by atoms with Crippen molar-refractivity contribution >= 4 is 12.0 Å². The number of nitrogens with one attached hydrogen (secondary N) is 1. The van der Waals surface area contributed by atoms with E-state index < -0.39 is 30.9 Å². The first-order valence-electron chi connectivity index (χ1n) is 5.58. The summed E-state index contributed by atoms with van der Waals surface area (Å²) in [6.45, 7) is -0.688. The van der Waals surface area contributed by atoms with Crippen molar-refractivity contribution < 1.29 is 23.5 Å². The Labute approximate surface area is 96.8 Å². The molecule has 2 aliphatic rings. The predicted molar refractivity (Wildman–Crippen MR) is 53.8 cm³/mol. The molecule has 2 aliphatic heterocycles. The van der Waals surface area contributed by atoms with Crippen LogP contribution in [0.4, 0.5) is 13.6 Å². The zero-order chi connectivity index (χ0) is 12.6. The Bertz CT molecular complexity index is 338. The van der Waals surface area contributed by atoms with Gasteiger partial charge in [-0.3, -0.25) is 4.79 Å². The molecule has 3 unspecified atom stereocenters. The van der Waals surface area contributed by atoms with E-state index in [0.29, 0.717) is 12.8 Å². The Morgan fingerprint density at radius 3 is 2.65 bits per heavy atom. The average molecular weight is 248 g/mol. The number of carbonyl (C=O) groups excluding carboxylic acids is 1. The first-order chi connectivity index (χ1) is 8.00. The van der Waals surface area contributed by atoms with Crippen LogP contribution < -0.4 is 5.32 Å². The maximum atomic E-state index is 12.0. The SMILES string of the molecule is O=C(O)C1CC2CCC1N2C(=O)NCC(F)F. The number of aliphatic carboxylic acids is 1. The van der Waals surface area contributed by atoms with Gasteiger partial charge in [0.25, 0.3) is 6.43 Å². The molecule has 2 amide bonds. The molecule has 96 valence electrons. The third-order valence-corrected chi connectivity index (χ3v) is 3.50. The molecular formula is C10H14F2N2O3. The van der Waals surface area contributed by atoms with Crippen LogP contribution in [0.2, 0.25) is 0 Å². The number of carbonyl (C=O) groups is 2. The smallest absolute Gasteiger partial charge is 0.318 e. The number of nitrogens with zero attached hydrogens (tertiary/aromatic N) is 1. The molecule has 5 nitrogen and oxygen atoms in total. The summed E-state index contributed by atoms with van der Waals surface area (Å²) in [7, 11) is 0. The van der Waals surface area contributed by atoms with Crippen molar-refractivity contribution in [3.8, 4) is 0 Å². The fourth-order valence-corrected chi connectivity index (χ4v) is 2.83. The number of carboxylic acids is 1. The zero-order valence-electron chi connectivity index (χ0n) is 9.10. The van der Waals surface area contributed by atoms with Gasteiger partial charge >= 0.3 is 12.0 Å². The van der Waals surface area contributed by atoms with Crippen molar-refractivity contribution in [2.24, 2.45) is 5.92 Å². The van der Waals surface area contributed by atoms with Crippen molar-refractivity contribution in [1.29, 1.82) is 0 Å². The van der Waals surface area contributed by atoms with Crippen LogP contribution in [0.5, 0.6) is 0 Å². The number of alkyl halides is 2. The molecule has 0 aromatic carbocycles. The fourth-order valence-electron chi connectivity index (χ4n) is 2.83. The third kappa shape index (κ3) is 2.18. The highest BCUT2D eigenvalue weighted by molar-refractivity contribution is 5.79. The van der Waals surface area contributed by atoms with E-state index in [1.54, 1.807) is 0 Å². The van der Waals surface area contributed by atoms with E-state index in [1.165, 1.54) is 4.90 Å². The number of urea groups is 1. The molecule has 0 radical (unpaired) electrons. The van der Waals surface area contributed by atoms with E-state index in [-0.39, 0.29) is 12.1 Å². The monoisotopic (exact) mass is 248 g/mol. The largest absolute Gasteiger partial charge is 0.481 e. The van der Waals surface area contributed by atoms with Crippen LogP contribution in [0.25, 0.3) is 0 Å². The Kier molecular flexibility index (Phi) is 3.17. The van der Waals surface area contributed by atoms with Gasteiger partial charge in [-0.1, -0.05) is 0 Å². The highest BCUT2D eigenvalue weighted by Gasteiger charge is 2.51. The first-order valence-corrected chi connectivity index (χ1v) is 5.58. The van der Waals surface area contributed by atoms with Gasteiger partial charge in [0.1, 0.15) is 0 Å². The molecular weight excluding hydrogens is 234 g/mol. The molecule has 0 spiro atoms. The lowest BCUT2D eigenvalue weighted by Gasteiger charge is -2.23. The second-order valence-corrected chi connectivity index (χ2v) is 4.46. The molecule has 7 heteroatoms. The summed E-state index contributed by atoms with van der Waals surface area (Å²) < 4.78 is 23.9. The molecule has 0 aromatic rings. The predicted octanol–water partition coefficient (Wildman–Crippen LogP) is 0.899. The van der Waals surface area contributed by atoms with Crippen molar-refractivity contribution in [3.05, 3.63) is 0 Å². The Balaban J connectivity index is 1.98. The van der Waals surface area contributed by atoms with E-state index in [1.807, 2.05) is 0 Å². The van der Waals surface area contributed by atoms with Gasteiger partial charge in [0, 0.05) is 12.1 Å². The van der Waals surface area contributed by atoms with Gasteiger partial charge in [0.05, 0.1) is 12.5 Å². The van der Waals surface area contributed by atoms with Crippen molar-refractivity contribution in [2.45, 2.75) is 37.8 Å². The standard InChI is InChI=1S/C10H14F2N2O3/c11-8(12)4-13-10(17)14-5-1-2-7(14)6(3-5)9(15)16/h5-8H,1-4H2,(H,13,17)(H,15,16). The summed E-state index contributed by atoms with van der Waals surface area (Å²) in [5.74, 6) is -1.46. The lowest BCUT2D eigenvalue weighted by atomic mass is 9.89. The van der Waals surface area contributed by atoms with Gasteiger partial charge in [-0.2, -0.15) is 0 Å². The van der Waals surface area contributed by atoms with E-state index in [9.17, 15) is 18.4 Å². The second-order valence-electron chi connectivity index (χ2n) is 4.46. The topological polar surface area (TPSA) is 69.6 Å². The molecule has 2 rings (SSSR count). The first kappa shape index (κ1) is 12.1. The Hall–Kier alpha value is -1.40. The van der Waals surface area contributed by atoms with Gasteiger partial charge in [-0.15, -0.1) is 0 Å². The quantitative estimate of drug-likeness (QED) is 0.779. The van der Waals surface area contributed by atoms with Crippen LogP contribution in [-0.2, 0) is 4.79 Å². The van der Waals surface area contributed by atoms with E-state index in [0.717, 1.165) is 6.42 Å². The molecule has 2 saturated heterocycles. The van der Waals surface area contributed by atoms with Crippen LogP contribution in [0.3, 0.4) is 0 Å². The molecule has 2 N–H and O–H groups in total. The number of amides is 2. The molecule has 0 saturated carbocycles. The zero-order valence-corrected chi connectivity index (χ0v) is 9.10. The van der Waals surface area contributed by atoms with Crippen LogP contribution >= 0.6 is 0 Å². The number of rotatable bonds is 3. The molecule has 2 heterocycles. The van der Waals surface area contributed by atoms with Gasteiger partial charge in [-0.25, -0.2) is 13.6 Å². The molecule has 0 aromatic heterocycles. The van der Waals surface area contributed by atoms with Gasteiger partial charge in [0.2, 0.25) is 0 Å². The highest BCUT2D eigenvalue weighted by Crippen LogP contribution is 2.41. The summed E-state index contributed by atoms with van der Waals surface area (Å²) in [6.07, 6.45) is -0.753. The molecule has 17 heavy (non-hydrogen) atoms.